The van der Waals surface area contributed by atoms with Gasteiger partial charge in [0, 0.05) is 24.0 Å². The zero-order valence-electron chi connectivity index (χ0n) is 11.9. The molecule has 0 unspecified atom stereocenters. The summed E-state index contributed by atoms with van der Waals surface area (Å²) in [5.74, 6) is -0.499. The van der Waals surface area contributed by atoms with Crippen molar-refractivity contribution in [1.29, 1.82) is 0 Å². The van der Waals surface area contributed by atoms with E-state index in [0.717, 1.165) is 11.0 Å². The first-order valence-electron chi connectivity index (χ1n) is 6.68. The Bertz CT molecular complexity index is 482. The molecule has 7 heteroatoms. The van der Waals surface area contributed by atoms with Gasteiger partial charge in [0.05, 0.1) is 5.56 Å². The number of nitrogens with zero attached hydrogens (tertiary/aromatic N) is 1. The van der Waals surface area contributed by atoms with Crippen molar-refractivity contribution in [1.82, 2.24) is 15.7 Å². The zero-order valence-corrected chi connectivity index (χ0v) is 13.5. The van der Waals surface area contributed by atoms with Crippen molar-refractivity contribution < 1.29 is 14.8 Å². The van der Waals surface area contributed by atoms with Crippen molar-refractivity contribution in [3.8, 4) is 0 Å². The summed E-state index contributed by atoms with van der Waals surface area (Å²) < 4.78 is 0.769. The molecular formula is C14H20BrN3O3. The first kappa shape index (κ1) is 17.6. The van der Waals surface area contributed by atoms with E-state index >= 15 is 0 Å². The Morgan fingerprint density at radius 1 is 1.29 bits per heavy atom. The molecule has 116 valence electrons. The maximum absolute atomic E-state index is 11.9. The van der Waals surface area contributed by atoms with Gasteiger partial charge < -0.3 is 10.2 Å². The van der Waals surface area contributed by atoms with Crippen LogP contribution in [-0.2, 0) is 4.79 Å². The fraction of sp³-hybridized carbons (Fsp3) is 0.429. The zero-order chi connectivity index (χ0) is 15.7. The van der Waals surface area contributed by atoms with Crippen LogP contribution in [0, 0.1) is 0 Å². The van der Waals surface area contributed by atoms with Gasteiger partial charge in [0.2, 0.25) is 5.91 Å². The largest absolute Gasteiger partial charge is 0.351 e. The molecule has 0 aliphatic carbocycles. The van der Waals surface area contributed by atoms with E-state index in [1.807, 2.05) is 30.1 Å². The fourth-order valence-electron chi connectivity index (χ4n) is 1.78. The Morgan fingerprint density at radius 2 is 2.00 bits per heavy atom. The minimum absolute atomic E-state index is 0.115. The second-order valence-electron chi connectivity index (χ2n) is 4.68. The summed E-state index contributed by atoms with van der Waals surface area (Å²) in [7, 11) is 1.92. The van der Waals surface area contributed by atoms with E-state index in [2.05, 4.69) is 21.2 Å². The van der Waals surface area contributed by atoms with Gasteiger partial charge in [0.15, 0.2) is 0 Å². The average Bonchev–Trinajstić information content (AvgIpc) is 2.47. The van der Waals surface area contributed by atoms with Gasteiger partial charge in [-0.1, -0.05) is 12.1 Å². The Kier molecular flexibility index (Phi) is 7.96. The molecule has 0 atom stereocenters. The number of hydrogen-bond donors (Lipinski definition) is 3. The smallest absolute Gasteiger partial charge is 0.252 e. The van der Waals surface area contributed by atoms with Crippen molar-refractivity contribution >= 4 is 27.7 Å². The highest BCUT2D eigenvalue weighted by molar-refractivity contribution is 9.10. The van der Waals surface area contributed by atoms with E-state index in [-0.39, 0.29) is 18.2 Å². The summed E-state index contributed by atoms with van der Waals surface area (Å²) in [5.41, 5.74) is 2.21. The quantitative estimate of drug-likeness (QED) is 0.485. The van der Waals surface area contributed by atoms with Crippen molar-refractivity contribution in [3.05, 3.63) is 34.3 Å². The molecule has 0 aromatic heterocycles. The number of nitrogens with one attached hydrogen (secondary N) is 2. The Balaban J connectivity index is 2.22. The molecule has 0 saturated heterocycles. The number of amides is 2. The number of likely N-dealkylation sites (N-methyl/N-ethyl adjacent to an activating group) is 1. The first-order chi connectivity index (χ1) is 10.0. The van der Waals surface area contributed by atoms with E-state index < -0.39 is 0 Å². The third-order valence-corrected chi connectivity index (χ3v) is 3.66. The van der Waals surface area contributed by atoms with Gasteiger partial charge in [-0.2, -0.15) is 0 Å². The molecule has 0 spiro atoms. The molecule has 21 heavy (non-hydrogen) atoms. The standard InChI is InChI=1S/C14H20BrN3O3/c1-18(9-4-7-13(19)17-21)10-8-16-14(20)11-5-2-3-6-12(11)15/h2-3,5-6,21H,4,7-10H2,1H3,(H,16,20)(H,17,19). The van der Waals surface area contributed by atoms with Crippen molar-refractivity contribution in [3.63, 3.8) is 0 Å². The van der Waals surface area contributed by atoms with Crippen LogP contribution in [0.4, 0.5) is 0 Å². The van der Waals surface area contributed by atoms with Crippen LogP contribution in [0.15, 0.2) is 28.7 Å². The minimum Gasteiger partial charge on any atom is -0.351 e. The molecule has 0 aliphatic heterocycles. The van der Waals surface area contributed by atoms with E-state index in [0.29, 0.717) is 25.1 Å². The molecule has 0 radical (unpaired) electrons. The lowest BCUT2D eigenvalue weighted by Crippen LogP contribution is -2.33. The molecule has 1 rings (SSSR count). The highest BCUT2D eigenvalue weighted by Gasteiger charge is 2.08. The highest BCUT2D eigenvalue weighted by Crippen LogP contribution is 2.15. The molecule has 0 fully saturated rings. The minimum atomic E-state index is -0.384. The predicted octanol–water partition coefficient (Wildman–Crippen LogP) is 1.40. The number of hydrogen-bond acceptors (Lipinski definition) is 4. The van der Waals surface area contributed by atoms with Gasteiger partial charge in [-0.25, -0.2) is 5.48 Å². The second kappa shape index (κ2) is 9.49. The maximum atomic E-state index is 11.9. The van der Waals surface area contributed by atoms with Crippen LogP contribution in [0.1, 0.15) is 23.2 Å². The summed E-state index contributed by atoms with van der Waals surface area (Å²) >= 11 is 3.34. The monoisotopic (exact) mass is 357 g/mol. The Labute approximate surface area is 132 Å². The Morgan fingerprint density at radius 3 is 2.67 bits per heavy atom. The van der Waals surface area contributed by atoms with E-state index in [4.69, 9.17) is 5.21 Å². The SMILES string of the molecule is CN(CCCC(=O)NO)CCNC(=O)c1ccccc1Br. The molecule has 2 amide bonds. The molecule has 3 N–H and O–H groups in total. The fourth-order valence-corrected chi connectivity index (χ4v) is 2.24. The van der Waals surface area contributed by atoms with Crippen LogP contribution in [0.2, 0.25) is 0 Å². The number of carbonyl (C=O) groups is 2. The third kappa shape index (κ3) is 6.70. The first-order valence-corrected chi connectivity index (χ1v) is 7.48. The number of benzene rings is 1. The highest BCUT2D eigenvalue weighted by atomic mass is 79.9. The Hall–Kier alpha value is -1.44. The lowest BCUT2D eigenvalue weighted by Gasteiger charge is -2.16. The molecular weight excluding hydrogens is 338 g/mol. The van der Waals surface area contributed by atoms with E-state index in [1.54, 1.807) is 11.5 Å². The van der Waals surface area contributed by atoms with Gasteiger partial charge in [-0.3, -0.25) is 14.8 Å². The third-order valence-electron chi connectivity index (χ3n) is 2.97. The number of carbonyl (C=O) groups excluding carboxylic acids is 2. The van der Waals surface area contributed by atoms with Crippen molar-refractivity contribution in [2.24, 2.45) is 0 Å². The van der Waals surface area contributed by atoms with Crippen LogP contribution in [0.3, 0.4) is 0 Å². The normalized spacial score (nSPS) is 10.5. The average molecular weight is 358 g/mol. The maximum Gasteiger partial charge on any atom is 0.252 e. The molecule has 0 heterocycles. The lowest BCUT2D eigenvalue weighted by molar-refractivity contribution is -0.129. The van der Waals surface area contributed by atoms with Crippen LogP contribution in [-0.4, -0.2) is 48.6 Å². The van der Waals surface area contributed by atoms with Crippen LogP contribution in [0.5, 0.6) is 0 Å². The predicted molar refractivity (Wildman–Crippen MR) is 83.1 cm³/mol. The summed E-state index contributed by atoms with van der Waals surface area (Å²) in [6.45, 7) is 1.94. The summed E-state index contributed by atoms with van der Waals surface area (Å²) in [6, 6.07) is 7.26. The molecule has 1 aromatic rings. The summed E-state index contributed by atoms with van der Waals surface area (Å²) in [5, 5.41) is 11.2. The molecule has 0 bridgehead atoms. The van der Waals surface area contributed by atoms with Gasteiger partial charge >= 0.3 is 0 Å². The van der Waals surface area contributed by atoms with E-state index in [9.17, 15) is 9.59 Å². The van der Waals surface area contributed by atoms with Gasteiger partial charge in [-0.05, 0) is 48.1 Å². The van der Waals surface area contributed by atoms with Gasteiger partial charge in [0.1, 0.15) is 0 Å². The molecule has 6 nitrogen and oxygen atoms in total. The van der Waals surface area contributed by atoms with Gasteiger partial charge in [0.25, 0.3) is 5.91 Å². The molecule has 0 saturated carbocycles. The second-order valence-corrected chi connectivity index (χ2v) is 5.53. The van der Waals surface area contributed by atoms with Gasteiger partial charge in [-0.15, -0.1) is 0 Å². The summed E-state index contributed by atoms with van der Waals surface area (Å²) in [6.07, 6.45) is 0.936. The summed E-state index contributed by atoms with van der Waals surface area (Å²) in [4.78, 5) is 24.8. The van der Waals surface area contributed by atoms with Crippen molar-refractivity contribution in [2.45, 2.75) is 12.8 Å². The van der Waals surface area contributed by atoms with Crippen LogP contribution >= 0.6 is 15.9 Å². The van der Waals surface area contributed by atoms with Crippen LogP contribution < -0.4 is 10.8 Å². The molecule has 0 aliphatic rings. The molecule has 1 aromatic carbocycles. The van der Waals surface area contributed by atoms with Crippen molar-refractivity contribution in [2.75, 3.05) is 26.7 Å². The number of hydroxylamine groups is 1. The van der Waals surface area contributed by atoms with E-state index in [1.165, 1.54) is 0 Å². The lowest BCUT2D eigenvalue weighted by atomic mass is 10.2. The van der Waals surface area contributed by atoms with Crippen LogP contribution in [0.25, 0.3) is 0 Å². The number of rotatable bonds is 8. The number of halogens is 1. The topological polar surface area (TPSA) is 81.7 Å².